The smallest absolute Gasteiger partial charge is 0.199 e. The quantitative estimate of drug-likeness (QED) is 0.360. The summed E-state index contributed by atoms with van der Waals surface area (Å²) < 4.78 is 39.0. The topological polar surface area (TPSA) is 99.4 Å². The first-order chi connectivity index (χ1) is 18.4. The molecule has 1 aliphatic carbocycles. The molecule has 0 bridgehead atoms. The van der Waals surface area contributed by atoms with Crippen LogP contribution in [0.15, 0.2) is 30.3 Å². The first-order valence-electron chi connectivity index (χ1n) is 13.2. The Morgan fingerprint density at radius 2 is 1.76 bits per heavy atom. The molecule has 1 aliphatic rings. The van der Waals surface area contributed by atoms with Gasteiger partial charge in [-0.15, -0.1) is 0 Å². The lowest BCUT2D eigenvalue weighted by Crippen LogP contribution is -2.27. The number of nitrogens with two attached hydrogens (primary N) is 1. The summed E-state index contributed by atoms with van der Waals surface area (Å²) in [5.41, 5.74) is 7.26. The third kappa shape index (κ3) is 6.04. The zero-order valence-electron chi connectivity index (χ0n) is 22.2. The Balaban J connectivity index is 1.45. The molecular formula is C29H36F2N4O3. The van der Waals surface area contributed by atoms with Crippen molar-refractivity contribution in [3.8, 4) is 11.5 Å². The van der Waals surface area contributed by atoms with Crippen LogP contribution in [0, 0.1) is 17.6 Å². The molecule has 3 N–H and O–H groups in total. The van der Waals surface area contributed by atoms with E-state index in [1.165, 1.54) is 26.4 Å². The van der Waals surface area contributed by atoms with Crippen LogP contribution in [-0.2, 0) is 4.79 Å². The van der Waals surface area contributed by atoms with Crippen LogP contribution in [0.1, 0.15) is 75.2 Å². The predicted octanol–water partition coefficient (Wildman–Crippen LogP) is 5.87. The zero-order chi connectivity index (χ0) is 27.2. The maximum atomic E-state index is 15.2. The average Bonchev–Trinajstić information content (AvgIpc) is 2.89. The summed E-state index contributed by atoms with van der Waals surface area (Å²) in [6.07, 6.45) is 5.18. The van der Waals surface area contributed by atoms with Gasteiger partial charge in [-0.1, -0.05) is 31.9 Å². The van der Waals surface area contributed by atoms with Crippen molar-refractivity contribution in [2.75, 3.05) is 26.5 Å². The van der Waals surface area contributed by atoms with Crippen molar-refractivity contribution in [2.24, 2.45) is 5.92 Å². The van der Waals surface area contributed by atoms with Gasteiger partial charge in [0.05, 0.1) is 14.2 Å². The fourth-order valence-corrected chi connectivity index (χ4v) is 5.46. The monoisotopic (exact) mass is 526 g/mol. The molecule has 0 aliphatic heterocycles. The number of Topliss-reactive ketones (excluding diaryl/α,β-unsaturated/α-hetero) is 1. The molecule has 0 amide bonds. The van der Waals surface area contributed by atoms with Crippen molar-refractivity contribution < 1.29 is 23.0 Å². The molecule has 1 aromatic heterocycles. The van der Waals surface area contributed by atoms with E-state index in [-0.39, 0.29) is 52.3 Å². The molecule has 204 valence electrons. The second kappa shape index (κ2) is 12.5. The Bertz CT molecular complexity index is 1260. The highest BCUT2D eigenvalue weighted by atomic mass is 19.1. The third-order valence-electron chi connectivity index (χ3n) is 7.48. The minimum atomic E-state index is -0.620. The number of ether oxygens (including phenoxy) is 2. The first-order valence-corrected chi connectivity index (χ1v) is 13.2. The maximum absolute atomic E-state index is 15.2. The minimum absolute atomic E-state index is 0.0143. The molecule has 1 atom stereocenters. The van der Waals surface area contributed by atoms with Crippen LogP contribution in [0.3, 0.4) is 0 Å². The predicted molar refractivity (Wildman–Crippen MR) is 143 cm³/mol. The molecule has 38 heavy (non-hydrogen) atoms. The van der Waals surface area contributed by atoms with Crippen molar-refractivity contribution in [1.82, 2.24) is 15.3 Å². The first kappa shape index (κ1) is 27.7. The largest absolute Gasteiger partial charge is 0.493 e. The molecule has 2 aromatic carbocycles. The summed E-state index contributed by atoms with van der Waals surface area (Å²) >= 11 is 0. The summed E-state index contributed by atoms with van der Waals surface area (Å²) in [4.78, 5) is 22.4. The lowest BCUT2D eigenvalue weighted by molar-refractivity contribution is -0.124. The minimum Gasteiger partial charge on any atom is -0.493 e. The number of ketones is 1. The van der Waals surface area contributed by atoms with Crippen LogP contribution < -0.4 is 20.5 Å². The maximum Gasteiger partial charge on any atom is 0.199 e. The van der Waals surface area contributed by atoms with Crippen LogP contribution in [0.4, 0.5) is 14.6 Å². The van der Waals surface area contributed by atoms with E-state index >= 15 is 4.39 Å². The second-order valence-corrected chi connectivity index (χ2v) is 9.88. The number of carbonyl (C=O) groups excluding carboxylic acids is 1. The van der Waals surface area contributed by atoms with E-state index < -0.39 is 5.82 Å². The fourth-order valence-electron chi connectivity index (χ4n) is 5.46. The highest BCUT2D eigenvalue weighted by Crippen LogP contribution is 2.39. The molecule has 0 radical (unpaired) electrons. The van der Waals surface area contributed by atoms with Crippen LogP contribution in [0.5, 0.6) is 11.5 Å². The number of aromatic nitrogens is 2. The van der Waals surface area contributed by atoms with Crippen molar-refractivity contribution in [3.05, 3.63) is 53.4 Å². The molecular weight excluding hydrogens is 490 g/mol. The Hall–Kier alpha value is -3.33. The number of nitrogens with one attached hydrogen (secondary N) is 1. The van der Waals surface area contributed by atoms with Crippen molar-refractivity contribution in [2.45, 2.75) is 63.8 Å². The lowest BCUT2D eigenvalue weighted by Gasteiger charge is -2.25. The van der Waals surface area contributed by atoms with E-state index in [4.69, 9.17) is 15.2 Å². The van der Waals surface area contributed by atoms with E-state index in [1.807, 2.05) is 6.92 Å². The summed E-state index contributed by atoms with van der Waals surface area (Å²) in [7, 11) is 2.81. The summed E-state index contributed by atoms with van der Waals surface area (Å²) in [5, 5.41) is 3.75. The van der Waals surface area contributed by atoms with Gasteiger partial charge in [0.1, 0.15) is 28.8 Å². The van der Waals surface area contributed by atoms with E-state index in [0.717, 1.165) is 50.6 Å². The van der Waals surface area contributed by atoms with Crippen LogP contribution >= 0.6 is 0 Å². The number of hydrogen-bond donors (Lipinski definition) is 2. The molecule has 0 spiro atoms. The fraction of sp³-hybridized carbons (Fsp3) is 0.483. The van der Waals surface area contributed by atoms with Crippen LogP contribution in [-0.4, -0.2) is 36.5 Å². The van der Waals surface area contributed by atoms with Crippen molar-refractivity contribution >= 4 is 22.5 Å². The van der Waals surface area contributed by atoms with Crippen molar-refractivity contribution in [3.63, 3.8) is 0 Å². The number of nitrogens with zero attached hydrogens (tertiary/aromatic N) is 2. The standard InChI is InChI=1S/C29H36F2N4O3/c1-4-33-22(17-11-13-20(30)14-12-17)16-23(36)18-7-5-9-19(10-6-8-18)29-34-26-21(28(32)35-29)15-24(37-2)27(38-3)25(26)31/h11-15,18-19,22,33H,4-10,16H2,1-3H3,(H2,32,34,35)/t18?,19?,22-/m1/s1. The molecule has 9 heteroatoms. The van der Waals surface area contributed by atoms with Crippen LogP contribution in [0.25, 0.3) is 10.9 Å². The van der Waals surface area contributed by atoms with Gasteiger partial charge in [-0.25, -0.2) is 18.7 Å². The number of carbonyl (C=O) groups is 1. The summed E-state index contributed by atoms with van der Waals surface area (Å²) in [5.74, 6) is 0.275. The Kier molecular flexibility index (Phi) is 9.09. The summed E-state index contributed by atoms with van der Waals surface area (Å²) in [6.45, 7) is 2.72. The van der Waals surface area contributed by atoms with Gasteiger partial charge in [0.2, 0.25) is 0 Å². The van der Waals surface area contributed by atoms with E-state index in [9.17, 15) is 9.18 Å². The zero-order valence-corrected chi connectivity index (χ0v) is 22.2. The van der Waals surface area contributed by atoms with E-state index in [0.29, 0.717) is 17.6 Å². The summed E-state index contributed by atoms with van der Waals surface area (Å²) in [6, 6.07) is 7.80. The molecule has 1 fully saturated rings. The van der Waals surface area contributed by atoms with Gasteiger partial charge >= 0.3 is 0 Å². The van der Waals surface area contributed by atoms with Gasteiger partial charge < -0.3 is 20.5 Å². The van der Waals surface area contributed by atoms with Crippen molar-refractivity contribution in [1.29, 1.82) is 0 Å². The van der Waals surface area contributed by atoms with Gasteiger partial charge in [-0.05, 0) is 56.0 Å². The number of halogens is 2. The Labute approximate surface area is 222 Å². The van der Waals surface area contributed by atoms with Gasteiger partial charge in [-0.2, -0.15) is 0 Å². The number of nitrogen functional groups attached to an aromatic ring is 1. The lowest BCUT2D eigenvalue weighted by atomic mass is 9.81. The number of fused-ring (bicyclic) bond motifs is 1. The van der Waals surface area contributed by atoms with Gasteiger partial charge in [0, 0.05) is 29.7 Å². The van der Waals surface area contributed by atoms with E-state index in [2.05, 4.69) is 15.3 Å². The highest BCUT2D eigenvalue weighted by Gasteiger charge is 2.27. The number of rotatable bonds is 9. The molecule has 3 aromatic rings. The van der Waals surface area contributed by atoms with Gasteiger partial charge in [0.15, 0.2) is 17.3 Å². The SMILES string of the molecule is CCN[C@H](CC(=O)C1CCCC(c2nc(N)c3cc(OC)c(OC)c(F)c3n2)CCC1)c1ccc(F)cc1. The molecule has 1 saturated carbocycles. The molecule has 0 unspecified atom stereocenters. The Morgan fingerprint density at radius 3 is 2.37 bits per heavy atom. The van der Waals surface area contributed by atoms with Gasteiger partial charge in [0.25, 0.3) is 0 Å². The number of benzene rings is 2. The average molecular weight is 527 g/mol. The molecule has 4 rings (SSSR count). The Morgan fingerprint density at radius 1 is 1.08 bits per heavy atom. The van der Waals surface area contributed by atoms with Crippen LogP contribution in [0.2, 0.25) is 0 Å². The number of methoxy groups -OCH3 is 2. The number of hydrogen-bond acceptors (Lipinski definition) is 7. The molecule has 0 saturated heterocycles. The number of anilines is 1. The molecule has 7 nitrogen and oxygen atoms in total. The van der Waals surface area contributed by atoms with Gasteiger partial charge in [-0.3, -0.25) is 4.79 Å². The second-order valence-electron chi connectivity index (χ2n) is 9.88. The normalized spacial score (nSPS) is 19.0. The third-order valence-corrected chi connectivity index (χ3v) is 7.48. The van der Waals surface area contributed by atoms with E-state index in [1.54, 1.807) is 18.2 Å². The highest BCUT2D eigenvalue weighted by molar-refractivity contribution is 5.91. The molecule has 1 heterocycles.